The average Bonchev–Trinajstić information content (AvgIpc) is 2.02. The molecule has 0 aliphatic heterocycles. The number of nitrogens with zero attached hydrogens (tertiary/aromatic N) is 1. The number of rotatable bonds is 3. The Morgan fingerprint density at radius 3 is 2.38 bits per heavy atom. The van der Waals surface area contributed by atoms with Gasteiger partial charge in [0.25, 0.3) is 0 Å². The van der Waals surface area contributed by atoms with Crippen molar-refractivity contribution in [3.8, 4) is 0 Å². The summed E-state index contributed by atoms with van der Waals surface area (Å²) in [5, 5.41) is 1.94. The van der Waals surface area contributed by atoms with E-state index in [1.165, 1.54) is 7.05 Å². The Morgan fingerprint density at radius 2 is 2.00 bits per heavy atom. The highest BCUT2D eigenvalue weighted by Gasteiger charge is 2.12. The highest BCUT2D eigenvalue weighted by Crippen LogP contribution is 1.84. The van der Waals surface area contributed by atoms with Crippen molar-refractivity contribution in [2.75, 3.05) is 19.5 Å². The SMILES string of the molecule is CN(CC(N)=O)C(=O)NC(=O)CCl. The molecule has 13 heavy (non-hydrogen) atoms. The first kappa shape index (κ1) is 11.7. The third-order valence-corrected chi connectivity index (χ3v) is 1.35. The maximum atomic E-state index is 11.0. The topological polar surface area (TPSA) is 92.5 Å². The van der Waals surface area contributed by atoms with E-state index in [0.29, 0.717) is 0 Å². The van der Waals surface area contributed by atoms with E-state index in [1.54, 1.807) is 0 Å². The van der Waals surface area contributed by atoms with Crippen LogP contribution in [0.3, 0.4) is 0 Å². The molecule has 3 N–H and O–H groups in total. The molecule has 0 heterocycles. The van der Waals surface area contributed by atoms with Crippen molar-refractivity contribution < 1.29 is 14.4 Å². The van der Waals surface area contributed by atoms with E-state index >= 15 is 0 Å². The molecule has 0 saturated carbocycles. The maximum Gasteiger partial charge on any atom is 0.324 e. The molecule has 0 spiro atoms. The summed E-state index contributed by atoms with van der Waals surface area (Å²) < 4.78 is 0. The molecule has 0 aliphatic carbocycles. The van der Waals surface area contributed by atoms with E-state index in [1.807, 2.05) is 5.32 Å². The molecule has 0 aromatic carbocycles. The van der Waals surface area contributed by atoms with E-state index in [0.717, 1.165) is 4.90 Å². The fourth-order valence-corrected chi connectivity index (χ4v) is 0.620. The summed E-state index contributed by atoms with van der Waals surface area (Å²) in [6, 6.07) is -0.704. The van der Waals surface area contributed by atoms with Gasteiger partial charge in [-0.15, -0.1) is 11.6 Å². The number of carbonyl (C=O) groups excluding carboxylic acids is 3. The molecule has 0 saturated heterocycles. The van der Waals surface area contributed by atoms with Crippen LogP contribution in [-0.4, -0.2) is 42.2 Å². The second-order valence-electron chi connectivity index (χ2n) is 2.31. The minimum atomic E-state index is -0.704. The molecule has 4 amide bonds. The Labute approximate surface area is 80.0 Å². The summed E-state index contributed by atoms with van der Waals surface area (Å²) >= 11 is 5.13. The predicted molar refractivity (Wildman–Crippen MR) is 46.1 cm³/mol. The molecule has 6 nitrogen and oxygen atoms in total. The Balaban J connectivity index is 3.96. The second-order valence-corrected chi connectivity index (χ2v) is 2.58. The van der Waals surface area contributed by atoms with Crippen LogP contribution in [0.2, 0.25) is 0 Å². The number of urea groups is 1. The summed E-state index contributed by atoms with van der Waals surface area (Å²) in [6.45, 7) is -0.249. The van der Waals surface area contributed by atoms with Gasteiger partial charge in [-0.1, -0.05) is 0 Å². The lowest BCUT2D eigenvalue weighted by atomic mass is 10.5. The minimum Gasteiger partial charge on any atom is -0.368 e. The molecule has 0 fully saturated rings. The van der Waals surface area contributed by atoms with Gasteiger partial charge in [-0.25, -0.2) is 4.79 Å². The predicted octanol–water partition coefficient (Wildman–Crippen LogP) is -1.12. The largest absolute Gasteiger partial charge is 0.368 e. The van der Waals surface area contributed by atoms with Gasteiger partial charge in [0.1, 0.15) is 12.4 Å². The lowest BCUT2D eigenvalue weighted by Crippen LogP contribution is -2.44. The zero-order chi connectivity index (χ0) is 10.4. The smallest absolute Gasteiger partial charge is 0.324 e. The summed E-state index contributed by atoms with van der Waals surface area (Å²) in [4.78, 5) is 32.9. The Hall–Kier alpha value is -1.30. The average molecular weight is 208 g/mol. The third-order valence-electron chi connectivity index (χ3n) is 1.11. The number of likely N-dealkylation sites (N-methyl/N-ethyl adjacent to an activating group) is 1. The number of nitrogens with two attached hydrogens (primary N) is 1. The van der Waals surface area contributed by atoms with Crippen molar-refractivity contribution in [1.29, 1.82) is 0 Å². The number of imide groups is 1. The standard InChI is InChI=1S/C6H10ClN3O3/c1-10(3-4(8)11)6(13)9-5(12)2-7/h2-3H2,1H3,(H2,8,11)(H,9,12,13). The van der Waals surface area contributed by atoms with Gasteiger partial charge in [0.2, 0.25) is 11.8 Å². The van der Waals surface area contributed by atoms with Gasteiger partial charge in [-0.2, -0.15) is 0 Å². The summed E-state index contributed by atoms with van der Waals surface area (Å²) in [6.07, 6.45) is 0. The van der Waals surface area contributed by atoms with Crippen LogP contribution in [-0.2, 0) is 9.59 Å². The van der Waals surface area contributed by atoms with Crippen LogP contribution in [0.15, 0.2) is 0 Å². The van der Waals surface area contributed by atoms with Gasteiger partial charge in [0, 0.05) is 7.05 Å². The molecule has 0 aromatic heterocycles. The number of hydrogen-bond donors (Lipinski definition) is 2. The minimum absolute atomic E-state index is 0.249. The molecule has 0 radical (unpaired) electrons. The number of alkyl halides is 1. The fourth-order valence-electron chi connectivity index (χ4n) is 0.554. The van der Waals surface area contributed by atoms with Crippen LogP contribution < -0.4 is 11.1 Å². The number of carbonyl (C=O) groups is 3. The number of hydrogen-bond acceptors (Lipinski definition) is 3. The van der Waals surface area contributed by atoms with Crippen molar-refractivity contribution in [2.45, 2.75) is 0 Å². The van der Waals surface area contributed by atoms with Crippen LogP contribution in [0.25, 0.3) is 0 Å². The third kappa shape index (κ3) is 5.02. The molecule has 0 aromatic rings. The molecule has 7 heteroatoms. The lowest BCUT2D eigenvalue weighted by Gasteiger charge is -2.14. The van der Waals surface area contributed by atoms with Crippen molar-refractivity contribution in [1.82, 2.24) is 10.2 Å². The Morgan fingerprint density at radius 1 is 1.46 bits per heavy atom. The fraction of sp³-hybridized carbons (Fsp3) is 0.500. The van der Waals surface area contributed by atoms with Crippen molar-refractivity contribution in [3.05, 3.63) is 0 Å². The van der Waals surface area contributed by atoms with Crippen LogP contribution in [0.5, 0.6) is 0 Å². The summed E-state index contributed by atoms with van der Waals surface area (Å²) in [5.41, 5.74) is 4.82. The van der Waals surface area contributed by atoms with Gasteiger partial charge >= 0.3 is 6.03 Å². The van der Waals surface area contributed by atoms with Gasteiger partial charge in [0.15, 0.2) is 0 Å². The number of primary amides is 1. The highest BCUT2D eigenvalue weighted by atomic mass is 35.5. The molecule has 0 bridgehead atoms. The molecular weight excluding hydrogens is 198 g/mol. The Kier molecular flexibility index (Phi) is 4.83. The van der Waals surface area contributed by atoms with Crippen LogP contribution in [0, 0.1) is 0 Å². The summed E-state index contributed by atoms with van der Waals surface area (Å²) in [7, 11) is 1.33. The first-order chi connectivity index (χ1) is 5.97. The zero-order valence-electron chi connectivity index (χ0n) is 7.04. The molecule has 0 aliphatic rings. The van der Waals surface area contributed by atoms with Crippen molar-refractivity contribution >= 4 is 29.4 Å². The van der Waals surface area contributed by atoms with Crippen LogP contribution in [0.1, 0.15) is 0 Å². The highest BCUT2D eigenvalue weighted by molar-refractivity contribution is 6.28. The first-order valence-electron chi connectivity index (χ1n) is 3.36. The monoisotopic (exact) mass is 207 g/mol. The summed E-state index contributed by atoms with van der Waals surface area (Å²) in [5.74, 6) is -1.59. The van der Waals surface area contributed by atoms with Gasteiger partial charge in [-0.05, 0) is 0 Å². The molecule has 0 rings (SSSR count). The van der Waals surface area contributed by atoms with Gasteiger partial charge in [-0.3, -0.25) is 14.9 Å². The van der Waals surface area contributed by atoms with E-state index in [-0.39, 0.29) is 12.4 Å². The lowest BCUT2D eigenvalue weighted by molar-refractivity contribution is -0.120. The molecule has 0 atom stereocenters. The zero-order valence-corrected chi connectivity index (χ0v) is 7.80. The number of halogens is 1. The normalized spacial score (nSPS) is 9.08. The number of nitrogens with one attached hydrogen (secondary N) is 1. The molecular formula is C6H10ClN3O3. The van der Waals surface area contributed by atoms with Crippen molar-refractivity contribution in [3.63, 3.8) is 0 Å². The first-order valence-corrected chi connectivity index (χ1v) is 3.90. The van der Waals surface area contributed by atoms with Gasteiger partial charge in [0.05, 0.1) is 0 Å². The molecule has 74 valence electrons. The van der Waals surface area contributed by atoms with Crippen LogP contribution >= 0.6 is 11.6 Å². The van der Waals surface area contributed by atoms with E-state index < -0.39 is 17.8 Å². The van der Waals surface area contributed by atoms with Crippen molar-refractivity contribution in [2.24, 2.45) is 5.73 Å². The quantitative estimate of drug-likeness (QED) is 0.574. The second kappa shape index (κ2) is 5.36. The van der Waals surface area contributed by atoms with E-state index in [4.69, 9.17) is 17.3 Å². The van der Waals surface area contributed by atoms with Gasteiger partial charge < -0.3 is 10.6 Å². The van der Waals surface area contributed by atoms with E-state index in [9.17, 15) is 14.4 Å². The van der Waals surface area contributed by atoms with E-state index in [2.05, 4.69) is 0 Å². The number of amides is 4. The van der Waals surface area contributed by atoms with Crippen LogP contribution in [0.4, 0.5) is 4.79 Å². The molecule has 0 unspecified atom stereocenters. The maximum absolute atomic E-state index is 11.0. The Bertz CT molecular complexity index is 231.